The van der Waals surface area contributed by atoms with Gasteiger partial charge in [0, 0.05) is 37.8 Å². The molecule has 1 unspecified atom stereocenters. The van der Waals surface area contributed by atoms with Crippen LogP contribution in [-0.4, -0.2) is 58.5 Å². The minimum Gasteiger partial charge on any atom is -0.342 e. The highest BCUT2D eigenvalue weighted by molar-refractivity contribution is 8.00. The lowest BCUT2D eigenvalue weighted by molar-refractivity contribution is -0.141. The molecule has 0 spiro atoms. The first-order chi connectivity index (χ1) is 15.0. The molecular weight excluding hydrogens is 408 g/mol. The molecule has 1 aromatic rings. The number of hydrogen-bond donors (Lipinski definition) is 0. The molecule has 166 valence electrons. The van der Waals surface area contributed by atoms with Gasteiger partial charge in [0.25, 0.3) is 0 Å². The number of thioether (sulfide) groups is 1. The third-order valence-corrected chi connectivity index (χ3v) is 7.86. The van der Waals surface area contributed by atoms with Gasteiger partial charge in [0.1, 0.15) is 11.1 Å². The maximum Gasteiger partial charge on any atom is 0.232 e. The van der Waals surface area contributed by atoms with E-state index in [0.717, 1.165) is 63.7 Å². The summed E-state index contributed by atoms with van der Waals surface area (Å²) in [4.78, 5) is 34.3. The van der Waals surface area contributed by atoms with Crippen LogP contribution in [0.25, 0.3) is 0 Å². The van der Waals surface area contributed by atoms with Gasteiger partial charge in [0.15, 0.2) is 0 Å². The predicted molar refractivity (Wildman–Crippen MR) is 121 cm³/mol. The van der Waals surface area contributed by atoms with Gasteiger partial charge >= 0.3 is 0 Å². The van der Waals surface area contributed by atoms with E-state index in [1.807, 2.05) is 15.9 Å². The van der Waals surface area contributed by atoms with E-state index in [9.17, 15) is 14.9 Å². The zero-order valence-corrected chi connectivity index (χ0v) is 19.3. The van der Waals surface area contributed by atoms with Crippen molar-refractivity contribution in [1.29, 1.82) is 5.26 Å². The van der Waals surface area contributed by atoms with Crippen LogP contribution < -0.4 is 0 Å². The van der Waals surface area contributed by atoms with Crippen molar-refractivity contribution in [2.24, 2.45) is 11.8 Å². The second kappa shape index (κ2) is 10.0. The van der Waals surface area contributed by atoms with E-state index in [2.05, 4.69) is 13.0 Å². The van der Waals surface area contributed by atoms with Crippen molar-refractivity contribution >= 4 is 23.6 Å². The number of likely N-dealkylation sites (tertiary alicyclic amines) is 2. The maximum absolute atomic E-state index is 12.9. The predicted octanol–water partition coefficient (Wildman–Crippen LogP) is 3.42. The molecule has 2 saturated heterocycles. The highest BCUT2D eigenvalue weighted by Gasteiger charge is 2.31. The number of piperidine rings is 2. The molecule has 3 aliphatic rings. The van der Waals surface area contributed by atoms with E-state index < -0.39 is 0 Å². The van der Waals surface area contributed by atoms with Crippen molar-refractivity contribution in [3.63, 3.8) is 0 Å². The van der Waals surface area contributed by atoms with Gasteiger partial charge in [-0.15, -0.1) is 0 Å². The average Bonchev–Trinajstić information content (AvgIpc) is 2.81. The maximum atomic E-state index is 12.9. The fourth-order valence-corrected chi connectivity index (χ4v) is 5.93. The van der Waals surface area contributed by atoms with E-state index in [4.69, 9.17) is 4.98 Å². The van der Waals surface area contributed by atoms with Gasteiger partial charge in [-0.25, -0.2) is 4.98 Å². The fourth-order valence-electron chi connectivity index (χ4n) is 5.05. The highest BCUT2D eigenvalue weighted by Crippen LogP contribution is 2.28. The Morgan fingerprint density at radius 3 is 2.65 bits per heavy atom. The summed E-state index contributed by atoms with van der Waals surface area (Å²) < 4.78 is 0. The Hall–Kier alpha value is -2.07. The Bertz CT molecular complexity index is 873. The van der Waals surface area contributed by atoms with E-state index in [1.165, 1.54) is 23.7 Å². The second-order valence-electron chi connectivity index (χ2n) is 9.24. The summed E-state index contributed by atoms with van der Waals surface area (Å²) in [6.07, 6.45) is 8.05. The lowest BCUT2D eigenvalue weighted by atomic mass is 9.93. The first-order valence-corrected chi connectivity index (χ1v) is 12.7. The van der Waals surface area contributed by atoms with Crippen molar-refractivity contribution < 1.29 is 9.59 Å². The van der Waals surface area contributed by atoms with E-state index in [-0.39, 0.29) is 17.7 Å². The topological polar surface area (TPSA) is 77.3 Å². The summed E-state index contributed by atoms with van der Waals surface area (Å²) in [5.41, 5.74) is 2.86. The summed E-state index contributed by atoms with van der Waals surface area (Å²) in [7, 11) is 0. The van der Waals surface area contributed by atoms with Crippen LogP contribution in [0.15, 0.2) is 11.1 Å². The number of pyridine rings is 1. The van der Waals surface area contributed by atoms with E-state index in [0.29, 0.717) is 35.3 Å². The van der Waals surface area contributed by atoms with Crippen molar-refractivity contribution in [2.45, 2.75) is 63.3 Å². The number of aryl methyl sites for hydroxylation is 2. The van der Waals surface area contributed by atoms with Crippen LogP contribution in [0.2, 0.25) is 0 Å². The van der Waals surface area contributed by atoms with Crippen LogP contribution in [0.4, 0.5) is 0 Å². The molecule has 1 aliphatic carbocycles. The lowest BCUT2D eigenvalue weighted by Gasteiger charge is -2.37. The standard InChI is InChI=1S/C24H32N4O2S/c1-17-5-4-10-28(15-17)24(30)18-8-11-27(12-9-18)22(29)16-31-23-20(14-25)13-19-6-2-3-7-21(19)26-23/h13,17-18H,2-12,15-16H2,1H3. The molecule has 0 radical (unpaired) electrons. The summed E-state index contributed by atoms with van der Waals surface area (Å²) >= 11 is 1.38. The Morgan fingerprint density at radius 1 is 1.13 bits per heavy atom. The summed E-state index contributed by atoms with van der Waals surface area (Å²) in [6.45, 7) is 5.26. The molecule has 1 atom stereocenters. The average molecular weight is 441 g/mol. The smallest absolute Gasteiger partial charge is 0.232 e. The van der Waals surface area contributed by atoms with Crippen LogP contribution in [0.1, 0.15) is 62.3 Å². The number of aromatic nitrogens is 1. The molecule has 3 heterocycles. The minimum absolute atomic E-state index is 0.0505. The Labute approximate surface area is 189 Å². The quantitative estimate of drug-likeness (QED) is 0.671. The number of rotatable bonds is 4. The molecular formula is C24H32N4O2S. The van der Waals surface area contributed by atoms with Gasteiger partial charge in [0.05, 0.1) is 11.3 Å². The molecule has 4 rings (SSSR count). The second-order valence-corrected chi connectivity index (χ2v) is 10.2. The molecule has 6 nitrogen and oxygen atoms in total. The van der Waals surface area contributed by atoms with Crippen LogP contribution >= 0.6 is 11.8 Å². The minimum atomic E-state index is 0.0505. The zero-order chi connectivity index (χ0) is 21.8. The highest BCUT2D eigenvalue weighted by atomic mass is 32.2. The summed E-state index contributed by atoms with van der Waals surface area (Å²) in [5.74, 6) is 1.29. The number of hydrogen-bond acceptors (Lipinski definition) is 5. The Morgan fingerprint density at radius 2 is 1.90 bits per heavy atom. The van der Waals surface area contributed by atoms with Gasteiger partial charge in [-0.05, 0) is 68.9 Å². The third-order valence-electron chi connectivity index (χ3n) is 6.88. The van der Waals surface area contributed by atoms with E-state index in [1.54, 1.807) is 0 Å². The molecule has 7 heteroatoms. The number of nitriles is 1. The summed E-state index contributed by atoms with van der Waals surface area (Å²) in [5, 5.41) is 10.2. The van der Waals surface area contributed by atoms with Gasteiger partial charge in [0.2, 0.25) is 11.8 Å². The van der Waals surface area contributed by atoms with Crippen LogP contribution in [0, 0.1) is 23.2 Å². The number of fused-ring (bicyclic) bond motifs is 1. The largest absolute Gasteiger partial charge is 0.342 e. The molecule has 0 N–H and O–H groups in total. The fraction of sp³-hybridized carbons (Fsp3) is 0.667. The molecule has 2 aliphatic heterocycles. The van der Waals surface area contributed by atoms with Crippen molar-refractivity contribution in [1.82, 2.24) is 14.8 Å². The summed E-state index contributed by atoms with van der Waals surface area (Å²) in [6, 6.07) is 4.22. The monoisotopic (exact) mass is 440 g/mol. The van der Waals surface area contributed by atoms with Gasteiger partial charge in [-0.2, -0.15) is 5.26 Å². The van der Waals surface area contributed by atoms with Crippen LogP contribution in [-0.2, 0) is 22.4 Å². The van der Waals surface area contributed by atoms with E-state index >= 15 is 0 Å². The van der Waals surface area contributed by atoms with Crippen LogP contribution in [0.3, 0.4) is 0 Å². The van der Waals surface area contributed by atoms with Crippen molar-refractivity contribution in [3.8, 4) is 6.07 Å². The first kappa shape index (κ1) is 22.1. The Balaban J connectivity index is 1.29. The Kier molecular flexibility index (Phi) is 7.16. The number of nitrogens with zero attached hydrogens (tertiary/aromatic N) is 4. The molecule has 0 saturated carbocycles. The molecule has 0 bridgehead atoms. The van der Waals surface area contributed by atoms with Crippen molar-refractivity contribution in [2.75, 3.05) is 31.9 Å². The van der Waals surface area contributed by atoms with Crippen molar-refractivity contribution in [3.05, 3.63) is 22.9 Å². The van der Waals surface area contributed by atoms with Gasteiger partial charge < -0.3 is 9.80 Å². The molecule has 2 amide bonds. The number of carbonyl (C=O) groups excluding carboxylic acids is 2. The van der Waals surface area contributed by atoms with Gasteiger partial charge in [-0.1, -0.05) is 18.7 Å². The SMILES string of the molecule is CC1CCCN(C(=O)C2CCN(C(=O)CSc3nc4c(cc3C#N)CCCC4)CC2)C1. The molecule has 1 aromatic heterocycles. The first-order valence-electron chi connectivity index (χ1n) is 11.7. The molecule has 2 fully saturated rings. The molecule has 31 heavy (non-hydrogen) atoms. The normalized spacial score (nSPS) is 22.0. The number of amides is 2. The number of carbonyl (C=O) groups is 2. The third kappa shape index (κ3) is 5.23. The van der Waals surface area contributed by atoms with Gasteiger partial charge in [-0.3, -0.25) is 9.59 Å². The van der Waals surface area contributed by atoms with Crippen LogP contribution in [0.5, 0.6) is 0 Å². The zero-order valence-electron chi connectivity index (χ0n) is 18.4. The lowest BCUT2D eigenvalue weighted by Crippen LogP contribution is -2.47. The molecule has 0 aromatic carbocycles.